The van der Waals surface area contributed by atoms with Crippen molar-refractivity contribution in [1.82, 2.24) is 14.2 Å². The van der Waals surface area contributed by atoms with Crippen molar-refractivity contribution in [3.05, 3.63) is 88.5 Å². The van der Waals surface area contributed by atoms with Crippen LogP contribution >= 0.6 is 0 Å². The van der Waals surface area contributed by atoms with Crippen molar-refractivity contribution in [3.8, 4) is 11.5 Å². The molecule has 0 radical (unpaired) electrons. The molecule has 0 aliphatic rings. The smallest absolute Gasteiger partial charge is 0.350 e. The van der Waals surface area contributed by atoms with Gasteiger partial charge < -0.3 is 14.8 Å². The number of hydrogen-bond donors (Lipinski definition) is 1. The highest BCUT2D eigenvalue weighted by atomic mass is 16.5. The standard InChI is InChI=1S/C27H30N4O4/c1-3-4-5-8-16-35-23-14-13-21(18-24(23)34-2)26(32)28-22-11-9-10-20(17-22)19-31-27(33)30-15-7-6-12-25(30)29-31/h6-7,9-15,17-18H,3-5,8,16,19H2,1-2H3,(H,28,32). The molecule has 1 amide bonds. The van der Waals surface area contributed by atoms with Gasteiger partial charge in [-0.3, -0.25) is 9.20 Å². The Bertz CT molecular complexity index is 1360. The predicted molar refractivity (Wildman–Crippen MR) is 136 cm³/mol. The average Bonchev–Trinajstić information content (AvgIpc) is 3.19. The van der Waals surface area contributed by atoms with Crippen LogP contribution < -0.4 is 20.5 Å². The summed E-state index contributed by atoms with van der Waals surface area (Å²) in [5.74, 6) is 0.883. The lowest BCUT2D eigenvalue weighted by molar-refractivity contribution is 0.102. The second-order valence-corrected chi connectivity index (χ2v) is 8.30. The van der Waals surface area contributed by atoms with Gasteiger partial charge in [0.05, 0.1) is 20.3 Å². The van der Waals surface area contributed by atoms with E-state index in [1.165, 1.54) is 21.9 Å². The van der Waals surface area contributed by atoms with Crippen LogP contribution in [0.4, 0.5) is 5.69 Å². The molecule has 2 heterocycles. The zero-order chi connectivity index (χ0) is 24.6. The van der Waals surface area contributed by atoms with Crippen LogP contribution in [0.2, 0.25) is 0 Å². The normalized spacial score (nSPS) is 10.9. The fourth-order valence-corrected chi connectivity index (χ4v) is 3.83. The van der Waals surface area contributed by atoms with E-state index in [1.54, 1.807) is 49.7 Å². The lowest BCUT2D eigenvalue weighted by atomic mass is 10.1. The van der Waals surface area contributed by atoms with Crippen molar-refractivity contribution in [2.45, 2.75) is 39.2 Å². The highest BCUT2D eigenvalue weighted by Crippen LogP contribution is 2.29. The minimum Gasteiger partial charge on any atom is -0.493 e. The number of fused-ring (bicyclic) bond motifs is 1. The summed E-state index contributed by atoms with van der Waals surface area (Å²) < 4.78 is 14.2. The van der Waals surface area contributed by atoms with Crippen molar-refractivity contribution in [1.29, 1.82) is 0 Å². The van der Waals surface area contributed by atoms with Gasteiger partial charge >= 0.3 is 5.69 Å². The number of unbranched alkanes of at least 4 members (excludes halogenated alkanes) is 3. The second kappa shape index (κ2) is 11.4. The molecule has 0 aliphatic heterocycles. The number of nitrogens with one attached hydrogen (secondary N) is 1. The van der Waals surface area contributed by atoms with Gasteiger partial charge in [0.25, 0.3) is 5.91 Å². The van der Waals surface area contributed by atoms with E-state index in [1.807, 2.05) is 24.3 Å². The first-order valence-electron chi connectivity index (χ1n) is 11.8. The van der Waals surface area contributed by atoms with Crippen LogP contribution in [-0.4, -0.2) is 33.8 Å². The molecule has 0 bridgehead atoms. The van der Waals surface area contributed by atoms with Gasteiger partial charge in [-0.05, 0) is 54.4 Å². The first-order valence-corrected chi connectivity index (χ1v) is 11.8. The van der Waals surface area contributed by atoms with Gasteiger partial charge in [0, 0.05) is 17.4 Å². The highest BCUT2D eigenvalue weighted by molar-refractivity contribution is 6.04. The van der Waals surface area contributed by atoms with E-state index in [-0.39, 0.29) is 11.6 Å². The molecule has 4 rings (SSSR count). The van der Waals surface area contributed by atoms with E-state index in [0.29, 0.717) is 41.5 Å². The third-order valence-corrected chi connectivity index (χ3v) is 5.69. The Kier molecular flexibility index (Phi) is 7.82. The van der Waals surface area contributed by atoms with E-state index in [9.17, 15) is 9.59 Å². The number of ether oxygens (including phenoxy) is 2. The van der Waals surface area contributed by atoms with Gasteiger partial charge in [0.1, 0.15) is 0 Å². The molecule has 1 N–H and O–H groups in total. The Morgan fingerprint density at radius 1 is 1.00 bits per heavy atom. The number of hydrogen-bond acceptors (Lipinski definition) is 5. The maximum Gasteiger partial charge on any atom is 0.350 e. The molecule has 182 valence electrons. The Labute approximate surface area is 204 Å². The Balaban J connectivity index is 1.42. The third-order valence-electron chi connectivity index (χ3n) is 5.69. The van der Waals surface area contributed by atoms with Crippen molar-refractivity contribution in [3.63, 3.8) is 0 Å². The fraction of sp³-hybridized carbons (Fsp3) is 0.296. The molecule has 0 saturated heterocycles. The van der Waals surface area contributed by atoms with E-state index >= 15 is 0 Å². The first-order chi connectivity index (χ1) is 17.1. The van der Waals surface area contributed by atoms with Crippen molar-refractivity contribution >= 4 is 17.2 Å². The number of methoxy groups -OCH3 is 1. The number of anilines is 1. The quantitative estimate of drug-likeness (QED) is 0.317. The second-order valence-electron chi connectivity index (χ2n) is 8.30. The summed E-state index contributed by atoms with van der Waals surface area (Å²) in [6, 6.07) is 17.9. The topological polar surface area (TPSA) is 86.9 Å². The Hall–Kier alpha value is -4.07. The summed E-state index contributed by atoms with van der Waals surface area (Å²) in [5.41, 5.74) is 2.30. The van der Waals surface area contributed by atoms with Crippen LogP contribution in [0.5, 0.6) is 11.5 Å². The lowest BCUT2D eigenvalue weighted by Crippen LogP contribution is -2.21. The number of pyridine rings is 1. The van der Waals surface area contributed by atoms with Crippen LogP contribution in [0, 0.1) is 0 Å². The summed E-state index contributed by atoms with van der Waals surface area (Å²) in [4.78, 5) is 25.4. The molecular weight excluding hydrogens is 444 g/mol. The molecule has 0 atom stereocenters. The molecule has 2 aromatic carbocycles. The number of benzene rings is 2. The van der Waals surface area contributed by atoms with Gasteiger partial charge in [-0.15, -0.1) is 5.10 Å². The Morgan fingerprint density at radius 3 is 2.69 bits per heavy atom. The number of carbonyl (C=O) groups is 1. The molecule has 2 aromatic heterocycles. The number of rotatable bonds is 11. The molecular formula is C27H30N4O4. The number of aromatic nitrogens is 3. The van der Waals surface area contributed by atoms with Gasteiger partial charge in [-0.25, -0.2) is 9.48 Å². The molecule has 4 aromatic rings. The van der Waals surface area contributed by atoms with Gasteiger partial charge in [-0.2, -0.15) is 0 Å². The molecule has 0 unspecified atom stereocenters. The molecule has 8 nitrogen and oxygen atoms in total. The van der Waals surface area contributed by atoms with E-state index < -0.39 is 0 Å². The summed E-state index contributed by atoms with van der Waals surface area (Å²) in [6.45, 7) is 3.08. The zero-order valence-corrected chi connectivity index (χ0v) is 20.1. The largest absolute Gasteiger partial charge is 0.493 e. The van der Waals surface area contributed by atoms with Gasteiger partial charge in [0.15, 0.2) is 17.1 Å². The fourth-order valence-electron chi connectivity index (χ4n) is 3.83. The summed E-state index contributed by atoms with van der Waals surface area (Å²) in [6.07, 6.45) is 6.17. The van der Waals surface area contributed by atoms with Gasteiger partial charge in [-0.1, -0.05) is 44.4 Å². The predicted octanol–water partition coefficient (Wildman–Crippen LogP) is 4.76. The number of amides is 1. The minimum absolute atomic E-state index is 0.213. The van der Waals surface area contributed by atoms with Crippen LogP contribution in [0.1, 0.15) is 48.5 Å². The molecule has 0 fully saturated rings. The van der Waals surface area contributed by atoms with Crippen molar-refractivity contribution < 1.29 is 14.3 Å². The van der Waals surface area contributed by atoms with Crippen molar-refractivity contribution in [2.75, 3.05) is 19.0 Å². The van der Waals surface area contributed by atoms with E-state index in [4.69, 9.17) is 9.47 Å². The molecule has 8 heteroatoms. The maximum atomic E-state index is 12.9. The molecule has 35 heavy (non-hydrogen) atoms. The SMILES string of the molecule is CCCCCCOc1ccc(C(=O)Nc2cccc(Cn3nc4ccccn4c3=O)c2)cc1OC. The molecule has 0 aliphatic carbocycles. The first kappa shape index (κ1) is 24.1. The number of carbonyl (C=O) groups excluding carboxylic acids is 1. The molecule has 0 saturated carbocycles. The summed E-state index contributed by atoms with van der Waals surface area (Å²) >= 11 is 0. The monoisotopic (exact) mass is 474 g/mol. The van der Waals surface area contributed by atoms with E-state index in [0.717, 1.165) is 18.4 Å². The third kappa shape index (κ3) is 5.90. The zero-order valence-electron chi connectivity index (χ0n) is 20.1. The minimum atomic E-state index is -0.264. The molecule has 0 spiro atoms. The van der Waals surface area contributed by atoms with Crippen LogP contribution in [0.15, 0.2) is 71.7 Å². The lowest BCUT2D eigenvalue weighted by Gasteiger charge is -2.13. The average molecular weight is 475 g/mol. The van der Waals surface area contributed by atoms with Crippen LogP contribution in [0.25, 0.3) is 5.65 Å². The van der Waals surface area contributed by atoms with Crippen LogP contribution in [0.3, 0.4) is 0 Å². The highest BCUT2D eigenvalue weighted by Gasteiger charge is 2.13. The maximum absolute atomic E-state index is 12.9. The Morgan fingerprint density at radius 2 is 1.89 bits per heavy atom. The van der Waals surface area contributed by atoms with Gasteiger partial charge in [0.2, 0.25) is 0 Å². The number of nitrogens with zero attached hydrogens (tertiary/aromatic N) is 3. The van der Waals surface area contributed by atoms with E-state index in [2.05, 4.69) is 17.3 Å². The van der Waals surface area contributed by atoms with Crippen LogP contribution in [-0.2, 0) is 6.54 Å². The van der Waals surface area contributed by atoms with Crippen molar-refractivity contribution in [2.24, 2.45) is 0 Å². The summed E-state index contributed by atoms with van der Waals surface area (Å²) in [5, 5.41) is 7.28. The summed E-state index contributed by atoms with van der Waals surface area (Å²) in [7, 11) is 1.56.